The number of piperazine rings is 1. The van der Waals surface area contributed by atoms with Crippen LogP contribution in [0.5, 0.6) is 0 Å². The van der Waals surface area contributed by atoms with Crippen molar-refractivity contribution in [3.63, 3.8) is 0 Å². The predicted octanol–water partition coefficient (Wildman–Crippen LogP) is 0.824. The number of halogens is 2. The van der Waals surface area contributed by atoms with Crippen molar-refractivity contribution in [1.29, 1.82) is 0 Å². The molecule has 2 aliphatic heterocycles. The zero-order chi connectivity index (χ0) is 17.3. The first kappa shape index (κ1) is 20.0. The number of rotatable bonds is 4. The van der Waals surface area contributed by atoms with Gasteiger partial charge in [-0.15, -0.1) is 12.4 Å². The van der Waals surface area contributed by atoms with Crippen LogP contribution in [0.15, 0.2) is 23.1 Å². The maximum atomic E-state index is 14.1. The van der Waals surface area contributed by atoms with Crippen molar-refractivity contribution in [3.8, 4) is 0 Å². The summed E-state index contributed by atoms with van der Waals surface area (Å²) in [6.45, 7) is 3.30. The maximum absolute atomic E-state index is 14.1. The number of nitrogens with one attached hydrogen (secondary N) is 1. The molecule has 11 heteroatoms. The van der Waals surface area contributed by atoms with E-state index in [1.54, 1.807) is 0 Å². The molecule has 1 aromatic rings. The van der Waals surface area contributed by atoms with Gasteiger partial charge in [-0.3, -0.25) is 15.0 Å². The van der Waals surface area contributed by atoms with E-state index in [1.807, 2.05) is 0 Å². The summed E-state index contributed by atoms with van der Waals surface area (Å²) in [5.74, 6) is -1.09. The second-order valence-electron chi connectivity index (χ2n) is 5.93. The average molecular weight is 395 g/mol. The molecule has 0 bridgehead atoms. The molecule has 0 amide bonds. The number of hydrogen-bond acceptors (Lipinski definition) is 6. The lowest BCUT2D eigenvalue weighted by molar-refractivity contribution is -0.388. The Bertz CT molecular complexity index is 734. The monoisotopic (exact) mass is 394 g/mol. The second kappa shape index (κ2) is 7.92. The quantitative estimate of drug-likeness (QED) is 0.600. The van der Waals surface area contributed by atoms with Gasteiger partial charge in [0.05, 0.1) is 4.92 Å². The zero-order valence-electron chi connectivity index (χ0n) is 13.4. The van der Waals surface area contributed by atoms with Crippen LogP contribution in [0.3, 0.4) is 0 Å². The van der Waals surface area contributed by atoms with E-state index in [1.165, 1.54) is 0 Å². The first-order valence-electron chi connectivity index (χ1n) is 7.79. The lowest BCUT2D eigenvalue weighted by Gasteiger charge is -2.37. The Morgan fingerprint density at radius 3 is 2.48 bits per heavy atom. The summed E-state index contributed by atoms with van der Waals surface area (Å²) in [6, 6.07) is 3.46. The summed E-state index contributed by atoms with van der Waals surface area (Å²) < 4.78 is 40.6. The topological polar surface area (TPSA) is 95.8 Å². The molecule has 3 rings (SSSR count). The van der Waals surface area contributed by atoms with Crippen LogP contribution in [0.4, 0.5) is 10.1 Å². The van der Waals surface area contributed by atoms with Gasteiger partial charge in [0.2, 0.25) is 0 Å². The van der Waals surface area contributed by atoms with E-state index in [-0.39, 0.29) is 25.5 Å². The second-order valence-corrected chi connectivity index (χ2v) is 7.81. The van der Waals surface area contributed by atoms with E-state index in [0.717, 1.165) is 42.0 Å². The Labute approximate surface area is 151 Å². The third-order valence-corrected chi connectivity index (χ3v) is 6.53. The molecule has 1 aromatic carbocycles. The molecule has 0 radical (unpaired) electrons. The van der Waals surface area contributed by atoms with Crippen molar-refractivity contribution >= 4 is 28.1 Å². The molecule has 140 valence electrons. The molecular formula is C14H20ClFN4O4S. The fraction of sp³-hybridized carbons (Fsp3) is 0.571. The molecular weight excluding hydrogens is 375 g/mol. The van der Waals surface area contributed by atoms with Gasteiger partial charge in [-0.05, 0) is 19.0 Å². The minimum atomic E-state index is -4.24. The Balaban J connectivity index is 0.00000225. The van der Waals surface area contributed by atoms with Crippen molar-refractivity contribution in [3.05, 3.63) is 34.1 Å². The highest BCUT2D eigenvalue weighted by Gasteiger charge is 2.37. The summed E-state index contributed by atoms with van der Waals surface area (Å²) in [5.41, 5.74) is -0.725. The van der Waals surface area contributed by atoms with E-state index in [4.69, 9.17) is 0 Å². The molecule has 8 nitrogen and oxygen atoms in total. The molecule has 1 atom stereocenters. The number of benzene rings is 1. The normalized spacial score (nSPS) is 22.5. The molecule has 25 heavy (non-hydrogen) atoms. The third-order valence-electron chi connectivity index (χ3n) is 4.56. The lowest BCUT2D eigenvalue weighted by Crippen LogP contribution is -2.52. The van der Waals surface area contributed by atoms with Gasteiger partial charge in [-0.2, -0.15) is 4.31 Å². The van der Waals surface area contributed by atoms with Gasteiger partial charge >= 0.3 is 0 Å². The minimum Gasteiger partial charge on any atom is -0.315 e. The fourth-order valence-electron chi connectivity index (χ4n) is 3.29. The van der Waals surface area contributed by atoms with Gasteiger partial charge in [0.1, 0.15) is 5.82 Å². The number of nitro benzene ring substituents is 1. The lowest BCUT2D eigenvalue weighted by atomic mass is 10.2. The molecule has 2 saturated heterocycles. The Morgan fingerprint density at radius 2 is 1.92 bits per heavy atom. The molecule has 2 aliphatic rings. The Morgan fingerprint density at radius 1 is 1.24 bits per heavy atom. The fourth-order valence-corrected chi connectivity index (χ4v) is 4.91. The van der Waals surface area contributed by atoms with Gasteiger partial charge in [0.15, 0.2) is 4.90 Å². The molecule has 2 fully saturated rings. The van der Waals surface area contributed by atoms with Crippen molar-refractivity contribution in [1.82, 2.24) is 14.5 Å². The van der Waals surface area contributed by atoms with Crippen molar-refractivity contribution < 1.29 is 17.7 Å². The average Bonchev–Trinajstić information content (AvgIpc) is 3.09. The smallest absolute Gasteiger partial charge is 0.292 e. The molecule has 2 heterocycles. The summed E-state index contributed by atoms with van der Waals surface area (Å²) >= 11 is 0. The molecule has 0 saturated carbocycles. The standard InChI is InChI=1S/C14H19FN4O4S.ClH/c15-12-2-1-3-13(19(20)21)14(12)24(22,23)18-8-6-17(7-9-18)11-4-5-16-10-11;/h1-3,11,16H,4-10H2;1H. The Hall–Kier alpha value is -1.33. The van der Waals surface area contributed by atoms with Crippen molar-refractivity contribution in [2.45, 2.75) is 17.4 Å². The van der Waals surface area contributed by atoms with Crippen LogP contribution in [0, 0.1) is 15.9 Å². The van der Waals surface area contributed by atoms with E-state index < -0.39 is 31.3 Å². The SMILES string of the molecule is Cl.O=[N+]([O-])c1cccc(F)c1S(=O)(=O)N1CCN(C2CCNC2)CC1. The molecule has 0 aliphatic carbocycles. The van der Waals surface area contributed by atoms with Gasteiger partial charge in [-0.25, -0.2) is 12.8 Å². The van der Waals surface area contributed by atoms with Crippen molar-refractivity contribution in [2.24, 2.45) is 0 Å². The van der Waals surface area contributed by atoms with Crippen LogP contribution in [0.1, 0.15) is 6.42 Å². The third kappa shape index (κ3) is 3.93. The number of nitrogens with zero attached hydrogens (tertiary/aromatic N) is 3. The first-order chi connectivity index (χ1) is 11.4. The molecule has 1 N–H and O–H groups in total. The Kier molecular flexibility index (Phi) is 6.33. The van der Waals surface area contributed by atoms with Gasteiger partial charge in [0, 0.05) is 44.8 Å². The highest BCUT2D eigenvalue weighted by Crippen LogP contribution is 2.30. The summed E-state index contributed by atoms with van der Waals surface area (Å²) in [7, 11) is -4.24. The summed E-state index contributed by atoms with van der Waals surface area (Å²) in [4.78, 5) is 11.6. The molecule has 0 spiro atoms. The van der Waals surface area contributed by atoms with Gasteiger partial charge in [0.25, 0.3) is 15.7 Å². The van der Waals surface area contributed by atoms with Gasteiger partial charge < -0.3 is 5.32 Å². The van der Waals surface area contributed by atoms with E-state index in [9.17, 15) is 22.9 Å². The van der Waals surface area contributed by atoms with Crippen molar-refractivity contribution in [2.75, 3.05) is 39.3 Å². The van der Waals surface area contributed by atoms with Crippen LogP contribution < -0.4 is 5.32 Å². The number of nitro groups is 1. The van der Waals surface area contributed by atoms with Crippen LogP contribution in [0.25, 0.3) is 0 Å². The molecule has 0 aromatic heterocycles. The van der Waals surface area contributed by atoms with E-state index >= 15 is 0 Å². The summed E-state index contributed by atoms with van der Waals surface area (Å²) in [6.07, 6.45) is 1.02. The van der Waals surface area contributed by atoms with E-state index in [0.29, 0.717) is 19.1 Å². The highest BCUT2D eigenvalue weighted by atomic mass is 35.5. The maximum Gasteiger partial charge on any atom is 0.292 e. The zero-order valence-corrected chi connectivity index (χ0v) is 15.1. The predicted molar refractivity (Wildman–Crippen MR) is 91.9 cm³/mol. The van der Waals surface area contributed by atoms with Crippen LogP contribution in [0.2, 0.25) is 0 Å². The highest BCUT2D eigenvalue weighted by molar-refractivity contribution is 7.89. The number of hydrogen-bond donors (Lipinski definition) is 1. The van der Waals surface area contributed by atoms with Crippen LogP contribution in [-0.2, 0) is 10.0 Å². The van der Waals surface area contributed by atoms with Gasteiger partial charge in [-0.1, -0.05) is 6.07 Å². The van der Waals surface area contributed by atoms with E-state index in [2.05, 4.69) is 10.2 Å². The summed E-state index contributed by atoms with van der Waals surface area (Å²) in [5, 5.41) is 14.3. The van der Waals surface area contributed by atoms with Crippen LogP contribution in [-0.4, -0.2) is 67.9 Å². The minimum absolute atomic E-state index is 0. The van der Waals surface area contributed by atoms with Crippen LogP contribution >= 0.6 is 12.4 Å². The first-order valence-corrected chi connectivity index (χ1v) is 9.23. The molecule has 1 unspecified atom stereocenters. The number of sulfonamides is 1. The largest absolute Gasteiger partial charge is 0.315 e.